The summed E-state index contributed by atoms with van der Waals surface area (Å²) in [6.45, 7) is 11.6. The van der Waals surface area contributed by atoms with E-state index in [1.807, 2.05) is 30.4 Å². The summed E-state index contributed by atoms with van der Waals surface area (Å²) in [7, 11) is 0. The minimum atomic E-state index is 0.00980. The molecule has 7 nitrogen and oxygen atoms in total. The molecule has 0 bridgehead atoms. The molecular weight excluding hydrogens is 372 g/mol. The number of imidazole rings is 1. The van der Waals surface area contributed by atoms with E-state index in [1.165, 1.54) is 10.5 Å². The maximum atomic E-state index is 13.0. The average Bonchev–Trinajstić information content (AvgIpc) is 3.31. The molecule has 28 heavy (non-hydrogen) atoms. The van der Waals surface area contributed by atoms with E-state index in [0.717, 1.165) is 49.1 Å². The van der Waals surface area contributed by atoms with E-state index < -0.39 is 0 Å². The molecule has 0 spiro atoms. The zero-order chi connectivity index (χ0) is 20.0. The second-order valence-corrected chi connectivity index (χ2v) is 8.80. The van der Waals surface area contributed by atoms with Gasteiger partial charge in [0.05, 0.1) is 11.7 Å². The highest BCUT2D eigenvalue weighted by Crippen LogP contribution is 2.33. The molecule has 1 amide bonds. The number of aryl methyl sites for hydroxylation is 4. The Morgan fingerprint density at radius 1 is 1.25 bits per heavy atom. The van der Waals surface area contributed by atoms with E-state index >= 15 is 0 Å². The highest BCUT2D eigenvalue weighted by atomic mass is 32.1. The summed E-state index contributed by atoms with van der Waals surface area (Å²) in [5, 5.41) is 6.62. The van der Waals surface area contributed by atoms with Gasteiger partial charge in [-0.25, -0.2) is 14.6 Å². The first-order valence-electron chi connectivity index (χ1n) is 9.95. The van der Waals surface area contributed by atoms with Crippen LogP contribution in [0.4, 0.5) is 0 Å². The van der Waals surface area contributed by atoms with Crippen LogP contribution in [0.1, 0.15) is 67.0 Å². The number of aromatic nitrogens is 5. The number of nitrogens with zero attached hydrogens (tertiary/aromatic N) is 6. The third-order valence-electron chi connectivity index (χ3n) is 5.68. The molecule has 1 aliphatic heterocycles. The van der Waals surface area contributed by atoms with Gasteiger partial charge in [0.2, 0.25) is 5.91 Å². The van der Waals surface area contributed by atoms with Gasteiger partial charge in [0.15, 0.2) is 0 Å². The Hall–Kier alpha value is -2.22. The van der Waals surface area contributed by atoms with E-state index in [0.29, 0.717) is 12.3 Å². The van der Waals surface area contributed by atoms with Crippen LogP contribution in [-0.4, -0.2) is 48.0 Å². The van der Waals surface area contributed by atoms with Gasteiger partial charge in [0.1, 0.15) is 22.3 Å². The van der Waals surface area contributed by atoms with Crippen molar-refractivity contribution in [3.8, 4) is 0 Å². The van der Waals surface area contributed by atoms with Crippen LogP contribution in [0.15, 0.2) is 5.38 Å². The number of amides is 1. The molecule has 4 heterocycles. The van der Waals surface area contributed by atoms with E-state index in [-0.39, 0.29) is 11.9 Å². The van der Waals surface area contributed by atoms with Gasteiger partial charge in [-0.2, -0.15) is 5.10 Å². The molecule has 1 saturated heterocycles. The Morgan fingerprint density at radius 3 is 2.75 bits per heavy atom. The third kappa shape index (κ3) is 3.34. The molecule has 0 saturated carbocycles. The minimum absolute atomic E-state index is 0.00980. The Labute approximate surface area is 169 Å². The lowest BCUT2D eigenvalue weighted by atomic mass is 9.95. The molecular formula is C20H28N6OS. The number of piperidine rings is 1. The molecule has 0 unspecified atom stereocenters. The summed E-state index contributed by atoms with van der Waals surface area (Å²) < 4.78 is 4.10. The zero-order valence-corrected chi connectivity index (χ0v) is 18.1. The standard InChI is InChI=1S/C20H28N6OS/c1-12(26-16(5)21-14(3)23-26)9-18(27)24-8-6-7-17(10-24)19-20-25(15(4)22-19)13(2)11-28-20/h11-12,17H,6-10H2,1-5H3/t12-,17-/m0/s1. The van der Waals surface area contributed by atoms with Crippen molar-refractivity contribution >= 4 is 22.1 Å². The predicted molar refractivity (Wildman–Crippen MR) is 110 cm³/mol. The lowest BCUT2D eigenvalue weighted by Gasteiger charge is -2.33. The fourth-order valence-electron chi connectivity index (χ4n) is 4.37. The molecule has 0 aromatic carbocycles. The predicted octanol–water partition coefficient (Wildman–Crippen LogP) is 3.58. The highest BCUT2D eigenvalue weighted by molar-refractivity contribution is 7.15. The number of fused-ring (bicyclic) bond motifs is 1. The molecule has 0 radical (unpaired) electrons. The quantitative estimate of drug-likeness (QED) is 0.671. The maximum absolute atomic E-state index is 13.0. The first kappa shape index (κ1) is 19.1. The van der Waals surface area contributed by atoms with Gasteiger partial charge in [0, 0.05) is 36.5 Å². The molecule has 150 valence electrons. The summed E-state index contributed by atoms with van der Waals surface area (Å²) in [6.07, 6.45) is 2.56. The average molecular weight is 401 g/mol. The maximum Gasteiger partial charge on any atom is 0.224 e. The Morgan fingerprint density at radius 2 is 2.04 bits per heavy atom. The number of rotatable bonds is 4. The van der Waals surface area contributed by atoms with Crippen LogP contribution in [0.3, 0.4) is 0 Å². The number of hydrogen-bond acceptors (Lipinski definition) is 5. The molecule has 3 aromatic rings. The molecule has 2 atom stereocenters. The smallest absolute Gasteiger partial charge is 0.224 e. The van der Waals surface area contributed by atoms with Crippen LogP contribution < -0.4 is 0 Å². The Kier molecular flexibility index (Phi) is 4.99. The molecule has 1 aliphatic rings. The molecule has 8 heteroatoms. The van der Waals surface area contributed by atoms with E-state index in [4.69, 9.17) is 4.98 Å². The van der Waals surface area contributed by atoms with Crippen molar-refractivity contribution in [3.63, 3.8) is 0 Å². The van der Waals surface area contributed by atoms with Crippen LogP contribution in [0.5, 0.6) is 0 Å². The highest BCUT2D eigenvalue weighted by Gasteiger charge is 2.29. The van der Waals surface area contributed by atoms with E-state index in [2.05, 4.69) is 33.7 Å². The zero-order valence-electron chi connectivity index (χ0n) is 17.3. The van der Waals surface area contributed by atoms with Crippen LogP contribution in [-0.2, 0) is 4.79 Å². The largest absolute Gasteiger partial charge is 0.342 e. The van der Waals surface area contributed by atoms with Gasteiger partial charge >= 0.3 is 0 Å². The molecule has 4 rings (SSSR count). The SMILES string of the molecule is Cc1nc(C)n([C@@H](C)CC(=O)N2CCC[C@H](c3nc(C)n4c(C)csc34)C2)n1. The number of carbonyl (C=O) groups excluding carboxylic acids is 1. The van der Waals surface area contributed by atoms with Crippen molar-refractivity contribution in [1.29, 1.82) is 0 Å². The fraction of sp³-hybridized carbons (Fsp3) is 0.600. The van der Waals surface area contributed by atoms with Crippen molar-refractivity contribution in [3.05, 3.63) is 34.2 Å². The lowest BCUT2D eigenvalue weighted by Crippen LogP contribution is -2.40. The van der Waals surface area contributed by atoms with E-state index in [9.17, 15) is 4.79 Å². The van der Waals surface area contributed by atoms with Gasteiger partial charge in [-0.05, 0) is 47.5 Å². The first-order valence-corrected chi connectivity index (χ1v) is 10.8. The van der Waals surface area contributed by atoms with Gasteiger partial charge in [-0.1, -0.05) is 0 Å². The van der Waals surface area contributed by atoms with E-state index in [1.54, 1.807) is 11.3 Å². The van der Waals surface area contributed by atoms with Crippen LogP contribution in [0.2, 0.25) is 0 Å². The van der Waals surface area contributed by atoms with Crippen LogP contribution in [0, 0.1) is 27.7 Å². The molecule has 1 fully saturated rings. The van der Waals surface area contributed by atoms with Crippen molar-refractivity contribution in [2.24, 2.45) is 0 Å². The topological polar surface area (TPSA) is 68.3 Å². The number of likely N-dealkylation sites (tertiary alicyclic amines) is 1. The second-order valence-electron chi connectivity index (χ2n) is 7.94. The van der Waals surface area contributed by atoms with Crippen LogP contribution in [0.25, 0.3) is 4.83 Å². The van der Waals surface area contributed by atoms with Gasteiger partial charge in [-0.3, -0.25) is 9.20 Å². The lowest BCUT2D eigenvalue weighted by molar-refractivity contribution is -0.133. The summed E-state index contributed by atoms with van der Waals surface area (Å²) >= 11 is 1.75. The van der Waals surface area contributed by atoms with Crippen LogP contribution >= 0.6 is 11.3 Å². The fourth-order valence-corrected chi connectivity index (χ4v) is 5.47. The summed E-state index contributed by atoms with van der Waals surface area (Å²) in [6, 6.07) is 0.00980. The Balaban J connectivity index is 1.48. The van der Waals surface area contributed by atoms with Crippen molar-refractivity contribution in [1.82, 2.24) is 29.0 Å². The molecule has 3 aromatic heterocycles. The van der Waals surface area contributed by atoms with Gasteiger partial charge in [-0.15, -0.1) is 11.3 Å². The minimum Gasteiger partial charge on any atom is -0.342 e. The summed E-state index contributed by atoms with van der Waals surface area (Å²) in [4.78, 5) is 25.5. The van der Waals surface area contributed by atoms with Crippen molar-refractivity contribution < 1.29 is 4.79 Å². The molecule has 0 N–H and O–H groups in total. The summed E-state index contributed by atoms with van der Waals surface area (Å²) in [5.74, 6) is 3.15. The van der Waals surface area contributed by atoms with Crippen molar-refractivity contribution in [2.45, 2.75) is 65.8 Å². The van der Waals surface area contributed by atoms with Crippen molar-refractivity contribution in [2.75, 3.05) is 13.1 Å². The van der Waals surface area contributed by atoms with Gasteiger partial charge in [0.25, 0.3) is 0 Å². The normalized spacial score (nSPS) is 18.8. The number of carbonyl (C=O) groups is 1. The molecule has 0 aliphatic carbocycles. The Bertz CT molecular complexity index is 1020. The number of thiazole rings is 1. The van der Waals surface area contributed by atoms with Gasteiger partial charge < -0.3 is 4.90 Å². The summed E-state index contributed by atoms with van der Waals surface area (Å²) in [5.41, 5.74) is 2.39. The second kappa shape index (κ2) is 7.31. The third-order valence-corrected chi connectivity index (χ3v) is 6.75. The first-order chi connectivity index (χ1) is 13.3. The monoisotopic (exact) mass is 400 g/mol. The number of hydrogen-bond donors (Lipinski definition) is 0.